The highest BCUT2D eigenvalue weighted by molar-refractivity contribution is 14.1. The third-order valence-corrected chi connectivity index (χ3v) is 2.68. The maximum atomic E-state index is 10.8. The first-order chi connectivity index (χ1) is 4.46. The molecule has 60 valence electrons. The van der Waals surface area contributed by atoms with Gasteiger partial charge in [0.25, 0.3) is 0 Å². The third-order valence-electron chi connectivity index (χ3n) is 0.798. The molecular formula is C4H7INO3S-. The lowest BCUT2D eigenvalue weighted by molar-refractivity contribution is -0.125. The van der Waals surface area contributed by atoms with E-state index in [1.54, 1.807) is 13.8 Å². The Morgan fingerprint density at radius 2 is 2.10 bits per heavy atom. The lowest BCUT2D eigenvalue weighted by Gasteiger charge is -2.17. The van der Waals surface area contributed by atoms with Crippen LogP contribution in [0.3, 0.4) is 0 Å². The molecule has 10 heavy (non-hydrogen) atoms. The van der Waals surface area contributed by atoms with Crippen molar-refractivity contribution in [3.63, 3.8) is 0 Å². The molecule has 0 aromatic carbocycles. The Bertz CT molecular complexity index is 161. The molecule has 0 aliphatic rings. The molecule has 0 rings (SSSR count). The third kappa shape index (κ3) is 2.93. The zero-order valence-corrected chi connectivity index (χ0v) is 8.51. The summed E-state index contributed by atoms with van der Waals surface area (Å²) in [6, 6.07) is 0. The largest absolute Gasteiger partial charge is 0.754 e. The normalized spacial score (nSPS) is 13.3. The van der Waals surface area contributed by atoms with Crippen LogP contribution in [-0.4, -0.2) is 17.2 Å². The van der Waals surface area contributed by atoms with Gasteiger partial charge in [-0.25, -0.2) is 2.52 Å². The minimum atomic E-state index is -2.44. The highest BCUT2D eigenvalue weighted by Crippen LogP contribution is 2.08. The summed E-state index contributed by atoms with van der Waals surface area (Å²) in [6.45, 7) is 3.28. The number of carbonyl (C=O) groups is 1. The number of halogens is 1. The van der Waals surface area contributed by atoms with Gasteiger partial charge in [-0.2, -0.15) is 0 Å². The summed E-state index contributed by atoms with van der Waals surface area (Å²) in [5.41, 5.74) is 0. The number of rotatable bonds is 2. The van der Waals surface area contributed by atoms with Gasteiger partial charge in [0, 0.05) is 5.92 Å². The number of nitrogens with zero attached hydrogens (tertiary/aromatic N) is 1. The molecule has 0 radical (unpaired) electrons. The topological polar surface area (TPSA) is 60.4 Å². The maximum absolute atomic E-state index is 10.8. The first-order valence-corrected chi connectivity index (χ1v) is 4.55. The van der Waals surface area contributed by atoms with Crippen LogP contribution < -0.4 is 0 Å². The summed E-state index contributed by atoms with van der Waals surface area (Å²) in [5, 5.41) is 0. The molecule has 0 fully saturated rings. The molecule has 1 atom stereocenters. The van der Waals surface area contributed by atoms with E-state index in [1.807, 2.05) is 0 Å². The summed E-state index contributed by atoms with van der Waals surface area (Å²) in [7, 11) is 0. The van der Waals surface area contributed by atoms with Crippen molar-refractivity contribution in [1.82, 2.24) is 2.52 Å². The van der Waals surface area contributed by atoms with Crippen LogP contribution in [0.15, 0.2) is 0 Å². The molecule has 0 N–H and O–H groups in total. The SMILES string of the molecule is CC(C)C(=O)N(I)S(=O)[O-]. The molecule has 6 heteroatoms. The van der Waals surface area contributed by atoms with Crippen molar-refractivity contribution in [3.8, 4) is 0 Å². The second-order valence-electron chi connectivity index (χ2n) is 1.95. The average molecular weight is 276 g/mol. The quantitative estimate of drug-likeness (QED) is 0.422. The van der Waals surface area contributed by atoms with Crippen molar-refractivity contribution in [2.45, 2.75) is 13.8 Å². The molecule has 0 saturated carbocycles. The zero-order valence-electron chi connectivity index (χ0n) is 5.54. The minimum Gasteiger partial charge on any atom is -0.754 e. The Morgan fingerprint density at radius 1 is 1.70 bits per heavy atom. The smallest absolute Gasteiger partial charge is 0.245 e. The second-order valence-corrected chi connectivity index (χ2v) is 4.37. The second kappa shape index (κ2) is 4.24. The fourth-order valence-corrected chi connectivity index (χ4v) is 1.19. The number of hydrogen-bond donors (Lipinski definition) is 0. The molecular weight excluding hydrogens is 269 g/mol. The standard InChI is InChI=1S/C4H8INO3S/c1-3(2)4(7)6(5)10(8)9/h3H,1-2H3,(H,8,9)/p-1. The number of carbonyl (C=O) groups excluding carboxylic acids is 1. The van der Waals surface area contributed by atoms with E-state index in [1.165, 1.54) is 22.9 Å². The summed E-state index contributed by atoms with van der Waals surface area (Å²) < 4.78 is 20.9. The van der Waals surface area contributed by atoms with E-state index in [9.17, 15) is 13.6 Å². The highest BCUT2D eigenvalue weighted by Gasteiger charge is 2.14. The fourth-order valence-electron chi connectivity index (χ4n) is 0.276. The van der Waals surface area contributed by atoms with Gasteiger partial charge < -0.3 is 4.55 Å². The Kier molecular flexibility index (Phi) is 4.37. The first-order valence-electron chi connectivity index (χ1n) is 2.56. The van der Waals surface area contributed by atoms with Gasteiger partial charge in [0.05, 0.1) is 34.1 Å². The van der Waals surface area contributed by atoms with Crippen LogP contribution in [0, 0.1) is 5.92 Å². The van der Waals surface area contributed by atoms with E-state index in [-0.39, 0.29) is 5.92 Å². The van der Waals surface area contributed by atoms with Crippen molar-refractivity contribution in [3.05, 3.63) is 0 Å². The Balaban J connectivity index is 4.08. The van der Waals surface area contributed by atoms with Crippen molar-refractivity contribution in [2.75, 3.05) is 0 Å². The maximum Gasteiger partial charge on any atom is 0.245 e. The van der Waals surface area contributed by atoms with Gasteiger partial charge in [0.2, 0.25) is 5.91 Å². The van der Waals surface area contributed by atoms with E-state index in [2.05, 4.69) is 0 Å². The van der Waals surface area contributed by atoms with E-state index < -0.39 is 17.2 Å². The molecule has 1 amide bonds. The summed E-state index contributed by atoms with van der Waals surface area (Å²) in [5.74, 6) is -0.691. The molecule has 0 saturated heterocycles. The summed E-state index contributed by atoms with van der Waals surface area (Å²) in [6.07, 6.45) is 0. The van der Waals surface area contributed by atoms with Crippen LogP contribution >= 0.6 is 22.9 Å². The Hall–Kier alpha value is 0.310. The molecule has 1 unspecified atom stereocenters. The molecule has 0 aliphatic heterocycles. The van der Waals surface area contributed by atoms with Gasteiger partial charge in [-0.1, -0.05) is 13.8 Å². The Morgan fingerprint density at radius 3 is 2.20 bits per heavy atom. The predicted molar refractivity (Wildman–Crippen MR) is 44.6 cm³/mol. The molecule has 0 spiro atoms. The molecule has 0 aromatic heterocycles. The van der Waals surface area contributed by atoms with Crippen molar-refractivity contribution < 1.29 is 13.6 Å². The van der Waals surface area contributed by atoms with Gasteiger partial charge in [0.1, 0.15) is 0 Å². The average Bonchev–Trinajstić information content (AvgIpc) is 1.84. The lowest BCUT2D eigenvalue weighted by Crippen LogP contribution is -2.26. The Labute approximate surface area is 75.9 Å². The van der Waals surface area contributed by atoms with Crippen LogP contribution in [0.1, 0.15) is 13.8 Å². The van der Waals surface area contributed by atoms with Gasteiger partial charge in [-0.15, -0.1) is 0 Å². The van der Waals surface area contributed by atoms with Crippen molar-refractivity contribution >= 4 is 40.0 Å². The molecule has 0 aliphatic carbocycles. The molecule has 4 nitrogen and oxygen atoms in total. The monoisotopic (exact) mass is 276 g/mol. The summed E-state index contributed by atoms with van der Waals surface area (Å²) in [4.78, 5) is 10.8. The van der Waals surface area contributed by atoms with Crippen LogP contribution in [0.2, 0.25) is 0 Å². The van der Waals surface area contributed by atoms with Crippen LogP contribution in [0.5, 0.6) is 0 Å². The van der Waals surface area contributed by atoms with Crippen LogP contribution in [0.25, 0.3) is 0 Å². The van der Waals surface area contributed by atoms with Gasteiger partial charge in [-0.3, -0.25) is 9.00 Å². The van der Waals surface area contributed by atoms with Gasteiger partial charge >= 0.3 is 0 Å². The summed E-state index contributed by atoms with van der Waals surface area (Å²) >= 11 is -0.997. The number of amides is 1. The van der Waals surface area contributed by atoms with Crippen molar-refractivity contribution in [1.29, 1.82) is 0 Å². The van der Waals surface area contributed by atoms with Crippen LogP contribution in [-0.2, 0) is 16.1 Å². The van der Waals surface area contributed by atoms with E-state index in [0.717, 1.165) is 0 Å². The van der Waals surface area contributed by atoms with E-state index in [0.29, 0.717) is 2.52 Å². The first kappa shape index (κ1) is 10.3. The fraction of sp³-hybridized carbons (Fsp3) is 0.750. The van der Waals surface area contributed by atoms with Crippen LogP contribution in [0.4, 0.5) is 0 Å². The lowest BCUT2D eigenvalue weighted by atomic mass is 10.2. The van der Waals surface area contributed by atoms with Crippen molar-refractivity contribution in [2.24, 2.45) is 5.92 Å². The molecule has 0 aromatic rings. The van der Waals surface area contributed by atoms with Gasteiger partial charge in [-0.05, 0) is 0 Å². The minimum absolute atomic E-state index is 0.283. The highest BCUT2D eigenvalue weighted by atomic mass is 127. The number of hydrogen-bond acceptors (Lipinski definition) is 3. The predicted octanol–water partition coefficient (Wildman–Crippen LogP) is 0.615. The van der Waals surface area contributed by atoms with E-state index in [4.69, 9.17) is 0 Å². The van der Waals surface area contributed by atoms with E-state index >= 15 is 0 Å². The molecule has 0 bridgehead atoms. The zero-order chi connectivity index (χ0) is 8.31. The van der Waals surface area contributed by atoms with Gasteiger partial charge in [0.15, 0.2) is 0 Å². The molecule has 0 heterocycles.